The molecule has 0 fully saturated rings. The number of nitrogens with one attached hydrogen (secondary N) is 1. The number of carbonyl (C=O) groups is 1. The Labute approximate surface area is 203 Å². The molecule has 3 aromatic rings. The van der Waals surface area contributed by atoms with Crippen molar-refractivity contribution in [3.63, 3.8) is 0 Å². The molecule has 35 heavy (non-hydrogen) atoms. The number of rotatable bonds is 6. The number of halogens is 3. The van der Waals surface area contributed by atoms with Gasteiger partial charge < -0.3 is 9.88 Å². The van der Waals surface area contributed by atoms with E-state index in [-0.39, 0.29) is 23.2 Å². The van der Waals surface area contributed by atoms with Gasteiger partial charge in [-0.05, 0) is 55.5 Å². The molecule has 0 aliphatic carbocycles. The molecule has 0 saturated heterocycles. The van der Waals surface area contributed by atoms with Crippen LogP contribution in [-0.4, -0.2) is 16.7 Å². The van der Waals surface area contributed by atoms with Crippen molar-refractivity contribution in [1.29, 1.82) is 5.26 Å². The SMILES string of the molecule is CCn1cc(C(=O)NCc2ccc(S(C)=NC#N)cc2)c(=O)c(-c2cccc(C(F)(F)F)c2)c1C. The Hall–Kier alpha value is -3.71. The molecular weight excluding hydrogens is 477 g/mol. The highest BCUT2D eigenvalue weighted by molar-refractivity contribution is 7.86. The molecule has 182 valence electrons. The standard InChI is InChI=1S/C25H23F3N4O2S/c1-4-32-14-21(24(34)30-13-17-8-10-20(11-9-17)35(3)31-15-29)23(33)22(16(32)2)18-6-5-7-19(12-18)25(26,27)28/h5-12,14H,4,13H2,1-3H3,(H,30,34). The molecule has 1 amide bonds. The average Bonchev–Trinajstić information content (AvgIpc) is 2.83. The van der Waals surface area contributed by atoms with E-state index in [1.165, 1.54) is 18.3 Å². The summed E-state index contributed by atoms with van der Waals surface area (Å²) in [4.78, 5) is 27.1. The molecule has 1 heterocycles. The lowest BCUT2D eigenvalue weighted by atomic mass is 9.99. The highest BCUT2D eigenvalue weighted by atomic mass is 32.2. The molecule has 0 aliphatic rings. The Kier molecular flexibility index (Phi) is 7.92. The van der Waals surface area contributed by atoms with Crippen molar-refractivity contribution in [2.24, 2.45) is 4.36 Å². The lowest BCUT2D eigenvalue weighted by molar-refractivity contribution is -0.137. The van der Waals surface area contributed by atoms with Crippen LogP contribution in [0.3, 0.4) is 0 Å². The van der Waals surface area contributed by atoms with Crippen molar-refractivity contribution in [1.82, 2.24) is 9.88 Å². The lowest BCUT2D eigenvalue weighted by Crippen LogP contribution is -2.31. The Morgan fingerprint density at radius 2 is 1.89 bits per heavy atom. The molecule has 6 nitrogen and oxygen atoms in total. The van der Waals surface area contributed by atoms with Crippen molar-refractivity contribution < 1.29 is 18.0 Å². The lowest BCUT2D eigenvalue weighted by Gasteiger charge is -2.17. The normalized spacial score (nSPS) is 12.3. The third kappa shape index (κ3) is 5.87. The fourth-order valence-electron chi connectivity index (χ4n) is 3.63. The van der Waals surface area contributed by atoms with Crippen LogP contribution in [0.1, 0.15) is 34.1 Å². The summed E-state index contributed by atoms with van der Waals surface area (Å²) in [6.07, 6.45) is 0.468. The van der Waals surface area contributed by atoms with Crippen LogP contribution in [0.4, 0.5) is 13.2 Å². The van der Waals surface area contributed by atoms with Gasteiger partial charge >= 0.3 is 6.18 Å². The quantitative estimate of drug-likeness (QED) is 0.480. The summed E-state index contributed by atoms with van der Waals surface area (Å²) in [6, 6.07) is 11.7. The maximum Gasteiger partial charge on any atom is 0.416 e. The van der Waals surface area contributed by atoms with E-state index in [0.717, 1.165) is 22.6 Å². The third-order valence-electron chi connectivity index (χ3n) is 5.51. The number of nitrogens with zero attached hydrogens (tertiary/aromatic N) is 3. The highest BCUT2D eigenvalue weighted by Gasteiger charge is 2.31. The van der Waals surface area contributed by atoms with Crippen molar-refractivity contribution in [3.8, 4) is 17.3 Å². The van der Waals surface area contributed by atoms with Gasteiger partial charge in [0, 0.05) is 35.4 Å². The first kappa shape index (κ1) is 25.9. The second-order valence-electron chi connectivity index (χ2n) is 7.69. The van der Waals surface area contributed by atoms with Crippen LogP contribution < -0.4 is 10.7 Å². The zero-order valence-corrected chi connectivity index (χ0v) is 20.1. The molecule has 10 heteroatoms. The third-order valence-corrected chi connectivity index (χ3v) is 6.82. The second kappa shape index (κ2) is 10.7. The van der Waals surface area contributed by atoms with E-state index in [1.807, 2.05) is 25.3 Å². The van der Waals surface area contributed by atoms with Gasteiger partial charge in [-0.25, -0.2) is 0 Å². The van der Waals surface area contributed by atoms with Gasteiger partial charge in [-0.3, -0.25) is 9.59 Å². The zero-order chi connectivity index (χ0) is 25.8. The van der Waals surface area contributed by atoms with Crippen LogP contribution in [0.25, 0.3) is 11.1 Å². The van der Waals surface area contributed by atoms with E-state index in [9.17, 15) is 22.8 Å². The Balaban J connectivity index is 1.93. The number of hydrogen-bond acceptors (Lipinski definition) is 4. The van der Waals surface area contributed by atoms with E-state index < -0.39 is 33.8 Å². The second-order valence-corrected chi connectivity index (χ2v) is 9.30. The van der Waals surface area contributed by atoms with Crippen molar-refractivity contribution in [2.45, 2.75) is 38.0 Å². The predicted molar refractivity (Wildman–Crippen MR) is 129 cm³/mol. The molecule has 1 atom stereocenters. The van der Waals surface area contributed by atoms with Crippen molar-refractivity contribution >= 4 is 16.6 Å². The van der Waals surface area contributed by atoms with Crippen LogP contribution in [-0.2, 0) is 30.0 Å². The fraction of sp³-hybridized carbons (Fsp3) is 0.240. The van der Waals surface area contributed by atoms with Gasteiger partial charge in [0.15, 0.2) is 0 Å². The summed E-state index contributed by atoms with van der Waals surface area (Å²) < 4.78 is 45.2. The van der Waals surface area contributed by atoms with E-state index in [1.54, 1.807) is 29.8 Å². The monoisotopic (exact) mass is 500 g/mol. The zero-order valence-electron chi connectivity index (χ0n) is 19.3. The van der Waals surface area contributed by atoms with Gasteiger partial charge in [0.1, 0.15) is 5.56 Å². The maximum atomic E-state index is 13.3. The molecule has 2 aromatic carbocycles. The van der Waals surface area contributed by atoms with Gasteiger partial charge in [-0.15, -0.1) is 4.36 Å². The molecule has 3 rings (SSSR count). The van der Waals surface area contributed by atoms with Crippen molar-refractivity contribution in [2.75, 3.05) is 6.26 Å². The number of aryl methyl sites for hydroxylation is 1. The van der Waals surface area contributed by atoms with Crippen LogP contribution in [0.5, 0.6) is 0 Å². The number of alkyl halides is 3. The number of carbonyl (C=O) groups excluding carboxylic acids is 1. The molecule has 0 radical (unpaired) electrons. The maximum absolute atomic E-state index is 13.3. The summed E-state index contributed by atoms with van der Waals surface area (Å²) in [5.41, 5.74) is -0.234. The molecule has 0 saturated carbocycles. The summed E-state index contributed by atoms with van der Waals surface area (Å²) in [7, 11) is -0.560. The average molecular weight is 501 g/mol. The number of aromatic nitrogens is 1. The molecule has 0 bridgehead atoms. The first-order chi connectivity index (χ1) is 16.6. The van der Waals surface area contributed by atoms with Crippen LogP contribution in [0.2, 0.25) is 0 Å². The van der Waals surface area contributed by atoms with Gasteiger partial charge in [0.05, 0.1) is 5.56 Å². The van der Waals surface area contributed by atoms with Gasteiger partial charge in [-0.2, -0.15) is 18.4 Å². The van der Waals surface area contributed by atoms with E-state index in [4.69, 9.17) is 5.26 Å². The molecule has 1 aromatic heterocycles. The molecular formula is C25H23F3N4O2S. The van der Waals surface area contributed by atoms with Gasteiger partial charge in [0.25, 0.3) is 5.91 Å². The summed E-state index contributed by atoms with van der Waals surface area (Å²) in [5.74, 6) is -0.621. The number of hydrogen-bond donors (Lipinski definition) is 1. The Morgan fingerprint density at radius 1 is 1.20 bits per heavy atom. The minimum Gasteiger partial charge on any atom is -0.350 e. The highest BCUT2D eigenvalue weighted by Crippen LogP contribution is 2.32. The Morgan fingerprint density at radius 3 is 2.49 bits per heavy atom. The minimum atomic E-state index is -4.56. The summed E-state index contributed by atoms with van der Waals surface area (Å²) >= 11 is 0. The number of benzene rings is 2. The van der Waals surface area contributed by atoms with Gasteiger partial charge in [0.2, 0.25) is 11.6 Å². The smallest absolute Gasteiger partial charge is 0.350 e. The number of pyridine rings is 1. The van der Waals surface area contributed by atoms with Crippen LogP contribution >= 0.6 is 0 Å². The minimum absolute atomic E-state index is 0.0613. The van der Waals surface area contributed by atoms with Crippen LogP contribution in [0.15, 0.2) is 68.8 Å². The van der Waals surface area contributed by atoms with Crippen LogP contribution in [0, 0.1) is 18.4 Å². The van der Waals surface area contributed by atoms with E-state index in [2.05, 4.69) is 9.68 Å². The number of nitriles is 1. The molecule has 0 spiro atoms. The molecule has 1 unspecified atom stereocenters. The summed E-state index contributed by atoms with van der Waals surface area (Å²) in [5, 5.41) is 11.4. The molecule has 1 N–H and O–H groups in total. The first-order valence-electron chi connectivity index (χ1n) is 10.6. The molecule has 0 aliphatic heterocycles. The van der Waals surface area contributed by atoms with E-state index in [0.29, 0.717) is 12.2 Å². The first-order valence-corrected chi connectivity index (χ1v) is 12.2. The van der Waals surface area contributed by atoms with E-state index >= 15 is 0 Å². The Bertz CT molecular complexity index is 1390. The largest absolute Gasteiger partial charge is 0.416 e. The van der Waals surface area contributed by atoms with Crippen molar-refractivity contribution in [3.05, 3.63) is 87.3 Å². The fourth-order valence-corrected chi connectivity index (χ4v) is 4.39. The predicted octanol–water partition coefficient (Wildman–Crippen LogP) is 5.06. The topological polar surface area (TPSA) is 87.2 Å². The summed E-state index contributed by atoms with van der Waals surface area (Å²) in [6.45, 7) is 4.03. The number of amides is 1. The van der Waals surface area contributed by atoms with Gasteiger partial charge in [-0.1, -0.05) is 35.0 Å².